The summed E-state index contributed by atoms with van der Waals surface area (Å²) in [6.45, 7) is 3.60. The Kier molecular flexibility index (Phi) is 35.3. The van der Waals surface area contributed by atoms with Crippen molar-refractivity contribution in [3.63, 3.8) is 0 Å². The fourth-order valence-corrected chi connectivity index (χ4v) is 5.71. The van der Waals surface area contributed by atoms with Crippen LogP contribution in [0, 0.1) is 0 Å². The lowest BCUT2D eigenvalue weighted by molar-refractivity contribution is -0.161. The zero-order valence-corrected chi connectivity index (χ0v) is 32.7. The summed E-state index contributed by atoms with van der Waals surface area (Å²) in [5, 5.41) is 0. The Morgan fingerprint density at radius 3 is 1.44 bits per heavy atom. The summed E-state index contributed by atoms with van der Waals surface area (Å²) in [6, 6.07) is 0. The molecule has 1 atom stereocenters. The van der Waals surface area contributed by atoms with Gasteiger partial charge in [-0.2, -0.15) is 0 Å². The van der Waals surface area contributed by atoms with Crippen LogP contribution in [0.4, 0.5) is 0 Å². The summed E-state index contributed by atoms with van der Waals surface area (Å²) in [5.74, 6) is -1.00. The van der Waals surface area contributed by atoms with Crippen molar-refractivity contribution in [1.82, 2.24) is 0 Å². The standard InChI is InChI=1S/C41H73O8P/c1-3-5-7-9-11-13-15-17-19-20-22-23-25-27-29-31-33-35-40(42)47-37-39(38-48-50(44,45)46)49-41(43)36-34-32-30-28-26-24-21-18-16-14-12-10-8-6-4-2/h17,19,22-23,27,29-30,32,39H,3-16,18,20-21,24-26,28,31,33-38H2,1-2H3,(H2,44,45,46)/b19-17+,23-22+,29-27+,32-30+/t39-/m1/s1. The van der Waals surface area contributed by atoms with Crippen LogP contribution in [0.25, 0.3) is 0 Å². The van der Waals surface area contributed by atoms with Crippen LogP contribution < -0.4 is 0 Å². The summed E-state index contributed by atoms with van der Waals surface area (Å²) in [5.41, 5.74) is 0. The normalized spacial score (nSPS) is 13.0. The number of unbranched alkanes of at least 4 members (excludes halogenated alkanes) is 18. The molecular formula is C41H73O8P. The second kappa shape index (κ2) is 36.8. The Morgan fingerprint density at radius 2 is 0.940 bits per heavy atom. The molecule has 2 N–H and O–H groups in total. The molecule has 0 aromatic heterocycles. The highest BCUT2D eigenvalue weighted by Gasteiger charge is 2.22. The van der Waals surface area contributed by atoms with Crippen LogP contribution in [0.2, 0.25) is 0 Å². The van der Waals surface area contributed by atoms with E-state index in [-0.39, 0.29) is 19.4 Å². The van der Waals surface area contributed by atoms with E-state index in [0.29, 0.717) is 12.8 Å². The first kappa shape index (κ1) is 48.0. The van der Waals surface area contributed by atoms with Crippen molar-refractivity contribution >= 4 is 19.8 Å². The number of phosphoric ester groups is 1. The smallest absolute Gasteiger partial charge is 0.462 e. The van der Waals surface area contributed by atoms with Crippen LogP contribution in [0.1, 0.15) is 181 Å². The van der Waals surface area contributed by atoms with E-state index in [2.05, 4.69) is 54.8 Å². The zero-order valence-electron chi connectivity index (χ0n) is 31.8. The summed E-state index contributed by atoms with van der Waals surface area (Å²) < 4.78 is 26.2. The average Bonchev–Trinajstić information content (AvgIpc) is 3.08. The van der Waals surface area contributed by atoms with E-state index < -0.39 is 32.5 Å². The van der Waals surface area contributed by atoms with Crippen molar-refractivity contribution in [2.24, 2.45) is 0 Å². The number of ether oxygens (including phenoxy) is 2. The minimum absolute atomic E-state index is 0.118. The van der Waals surface area contributed by atoms with Gasteiger partial charge in [0, 0.05) is 12.8 Å². The first-order chi connectivity index (χ1) is 24.3. The Bertz CT molecular complexity index is 952. The predicted molar refractivity (Wildman–Crippen MR) is 207 cm³/mol. The van der Waals surface area contributed by atoms with E-state index in [1.54, 1.807) is 0 Å². The maximum atomic E-state index is 12.3. The fraction of sp³-hybridized carbons (Fsp3) is 0.756. The summed E-state index contributed by atoms with van der Waals surface area (Å²) in [6.07, 6.45) is 44.2. The van der Waals surface area contributed by atoms with Crippen molar-refractivity contribution in [3.8, 4) is 0 Å². The van der Waals surface area contributed by atoms with E-state index in [1.165, 1.54) is 103 Å². The number of carbonyl (C=O) groups excluding carboxylic acids is 2. The van der Waals surface area contributed by atoms with Gasteiger partial charge in [0.1, 0.15) is 6.61 Å². The topological polar surface area (TPSA) is 119 Å². The highest BCUT2D eigenvalue weighted by molar-refractivity contribution is 7.46. The first-order valence-electron chi connectivity index (χ1n) is 19.9. The lowest BCUT2D eigenvalue weighted by Gasteiger charge is -2.18. The Labute approximate surface area is 305 Å². The molecule has 9 heteroatoms. The fourth-order valence-electron chi connectivity index (χ4n) is 5.35. The van der Waals surface area contributed by atoms with Crippen molar-refractivity contribution < 1.29 is 37.9 Å². The summed E-state index contributed by atoms with van der Waals surface area (Å²) in [7, 11) is -4.77. The summed E-state index contributed by atoms with van der Waals surface area (Å²) >= 11 is 0. The van der Waals surface area contributed by atoms with Crippen LogP contribution in [-0.4, -0.2) is 41.0 Å². The zero-order chi connectivity index (χ0) is 36.8. The van der Waals surface area contributed by atoms with Gasteiger partial charge in [0.15, 0.2) is 6.10 Å². The molecule has 0 aliphatic heterocycles. The molecule has 0 saturated carbocycles. The van der Waals surface area contributed by atoms with Gasteiger partial charge < -0.3 is 19.3 Å². The summed E-state index contributed by atoms with van der Waals surface area (Å²) in [4.78, 5) is 42.7. The van der Waals surface area contributed by atoms with Gasteiger partial charge in [-0.25, -0.2) is 4.57 Å². The monoisotopic (exact) mass is 725 g/mol. The predicted octanol–water partition coefficient (Wildman–Crippen LogP) is 12.0. The number of esters is 2. The van der Waals surface area contributed by atoms with Crippen molar-refractivity contribution in [3.05, 3.63) is 48.6 Å². The quantitative estimate of drug-likeness (QED) is 0.0284. The highest BCUT2D eigenvalue weighted by Crippen LogP contribution is 2.36. The molecule has 0 aliphatic rings. The maximum Gasteiger partial charge on any atom is 0.469 e. The van der Waals surface area contributed by atoms with Gasteiger partial charge in [-0.1, -0.05) is 159 Å². The molecule has 0 radical (unpaired) electrons. The Hall–Kier alpha value is -1.99. The van der Waals surface area contributed by atoms with Crippen LogP contribution in [0.15, 0.2) is 48.6 Å². The Morgan fingerprint density at radius 1 is 0.520 bits per heavy atom. The largest absolute Gasteiger partial charge is 0.469 e. The molecule has 8 nitrogen and oxygen atoms in total. The molecule has 0 fully saturated rings. The molecule has 0 amide bonds. The van der Waals surface area contributed by atoms with Crippen LogP contribution in [0.5, 0.6) is 0 Å². The van der Waals surface area contributed by atoms with E-state index in [1.807, 2.05) is 12.2 Å². The van der Waals surface area contributed by atoms with Gasteiger partial charge in [0.25, 0.3) is 0 Å². The van der Waals surface area contributed by atoms with Gasteiger partial charge in [0.2, 0.25) is 0 Å². The van der Waals surface area contributed by atoms with Crippen LogP contribution >= 0.6 is 7.82 Å². The van der Waals surface area contributed by atoms with Gasteiger partial charge in [-0.05, 0) is 57.8 Å². The van der Waals surface area contributed by atoms with Gasteiger partial charge in [0.05, 0.1) is 6.61 Å². The van der Waals surface area contributed by atoms with E-state index in [0.717, 1.165) is 38.5 Å². The van der Waals surface area contributed by atoms with Crippen LogP contribution in [0.3, 0.4) is 0 Å². The lowest BCUT2D eigenvalue weighted by Crippen LogP contribution is -2.29. The van der Waals surface area contributed by atoms with Crippen molar-refractivity contribution in [1.29, 1.82) is 0 Å². The van der Waals surface area contributed by atoms with Gasteiger partial charge >= 0.3 is 19.8 Å². The number of phosphoric acid groups is 1. The first-order valence-corrected chi connectivity index (χ1v) is 21.5. The highest BCUT2D eigenvalue weighted by atomic mass is 31.2. The molecule has 0 aliphatic carbocycles. The molecule has 0 unspecified atom stereocenters. The number of hydrogen-bond acceptors (Lipinski definition) is 6. The minimum atomic E-state index is -4.77. The second-order valence-corrected chi connectivity index (χ2v) is 14.5. The molecular weight excluding hydrogens is 651 g/mol. The molecule has 0 aromatic rings. The van der Waals surface area contributed by atoms with E-state index in [4.69, 9.17) is 19.3 Å². The van der Waals surface area contributed by atoms with E-state index >= 15 is 0 Å². The molecule has 0 saturated heterocycles. The maximum absolute atomic E-state index is 12.3. The molecule has 0 spiro atoms. The molecule has 290 valence electrons. The SMILES string of the molecule is CCCCCCCC/C=C/C/C=C/C/C=C/CCCC(=O)OC[C@H](COP(=O)(O)O)OC(=O)CC/C=C/CCCCCCCCCCCCC. The van der Waals surface area contributed by atoms with Crippen molar-refractivity contribution in [2.45, 2.75) is 187 Å². The Balaban J connectivity index is 4.07. The lowest BCUT2D eigenvalue weighted by atomic mass is 10.1. The van der Waals surface area contributed by atoms with E-state index in [9.17, 15) is 14.2 Å². The number of carbonyl (C=O) groups is 2. The molecule has 50 heavy (non-hydrogen) atoms. The van der Waals surface area contributed by atoms with Gasteiger partial charge in [-0.15, -0.1) is 0 Å². The van der Waals surface area contributed by atoms with Gasteiger partial charge in [-0.3, -0.25) is 14.1 Å². The second-order valence-electron chi connectivity index (χ2n) is 13.2. The third-order valence-corrected chi connectivity index (χ3v) is 8.82. The number of rotatable bonds is 36. The molecule has 0 heterocycles. The number of allylic oxidation sites excluding steroid dienone is 8. The molecule has 0 rings (SSSR count). The molecule has 0 bridgehead atoms. The minimum Gasteiger partial charge on any atom is -0.462 e. The number of hydrogen-bond donors (Lipinski definition) is 2. The van der Waals surface area contributed by atoms with Crippen LogP contribution in [-0.2, 0) is 28.2 Å². The third-order valence-electron chi connectivity index (χ3n) is 8.33. The van der Waals surface area contributed by atoms with Crippen molar-refractivity contribution in [2.75, 3.05) is 13.2 Å². The molecule has 0 aromatic carbocycles. The average molecular weight is 725 g/mol. The third kappa shape index (κ3) is 38.8.